The molecule has 0 saturated heterocycles. The first-order valence-electron chi connectivity index (χ1n) is 10.3. The summed E-state index contributed by atoms with van der Waals surface area (Å²) >= 11 is 0. The van der Waals surface area contributed by atoms with Crippen LogP contribution in [0.1, 0.15) is 10.4 Å². The van der Waals surface area contributed by atoms with Crippen LogP contribution in [0.5, 0.6) is 0 Å². The largest absolute Gasteiger partial charge is 0.277 e. The van der Waals surface area contributed by atoms with E-state index in [0.717, 1.165) is 22.6 Å². The predicted octanol–water partition coefficient (Wildman–Crippen LogP) is 5.91. The number of para-hydroxylation sites is 3. The average molecular weight is 416 g/mol. The van der Waals surface area contributed by atoms with Crippen LogP contribution < -0.4 is 4.90 Å². The highest BCUT2D eigenvalue weighted by Crippen LogP contribution is 2.31. The molecule has 154 valence electrons. The highest BCUT2D eigenvalue weighted by molar-refractivity contribution is 6.13. The first-order valence-corrected chi connectivity index (χ1v) is 10.3. The minimum absolute atomic E-state index is 0.163. The summed E-state index contributed by atoms with van der Waals surface area (Å²) in [5, 5.41) is 4.77. The van der Waals surface area contributed by atoms with E-state index in [1.807, 2.05) is 103 Å². The highest BCUT2D eigenvalue weighted by atomic mass is 16.2. The topological polar surface area (TPSA) is 51.0 Å². The molecule has 2 heterocycles. The molecule has 0 saturated carbocycles. The van der Waals surface area contributed by atoms with Gasteiger partial charge in [0.2, 0.25) is 0 Å². The summed E-state index contributed by atoms with van der Waals surface area (Å²) in [5.74, 6) is -0.163. The smallest absolute Gasteiger partial charge is 0.266 e. The SMILES string of the molecule is O=C(c1cn(-c2ccccc2)nc1-c1cccnc1)N(c1ccccc1)c1ccccc1. The summed E-state index contributed by atoms with van der Waals surface area (Å²) in [6.45, 7) is 0. The maximum absolute atomic E-state index is 14.0. The summed E-state index contributed by atoms with van der Waals surface area (Å²) in [5.41, 5.74) is 4.31. The third-order valence-electron chi connectivity index (χ3n) is 5.13. The minimum Gasteiger partial charge on any atom is -0.277 e. The van der Waals surface area contributed by atoms with Crippen LogP contribution in [0, 0.1) is 0 Å². The van der Waals surface area contributed by atoms with Gasteiger partial charge in [0.05, 0.1) is 11.3 Å². The van der Waals surface area contributed by atoms with Crippen LogP contribution in [0.15, 0.2) is 122 Å². The van der Waals surface area contributed by atoms with E-state index in [9.17, 15) is 4.79 Å². The number of pyridine rings is 1. The van der Waals surface area contributed by atoms with E-state index in [2.05, 4.69) is 4.98 Å². The molecule has 1 amide bonds. The van der Waals surface area contributed by atoms with Crippen molar-refractivity contribution < 1.29 is 4.79 Å². The van der Waals surface area contributed by atoms with Gasteiger partial charge in [0, 0.05) is 35.5 Å². The fourth-order valence-electron chi connectivity index (χ4n) is 3.62. The van der Waals surface area contributed by atoms with Crippen LogP contribution in [-0.2, 0) is 0 Å². The normalized spacial score (nSPS) is 10.6. The predicted molar refractivity (Wildman–Crippen MR) is 126 cm³/mol. The Morgan fingerprint density at radius 2 is 1.31 bits per heavy atom. The van der Waals surface area contributed by atoms with Gasteiger partial charge in [-0.3, -0.25) is 14.7 Å². The third-order valence-corrected chi connectivity index (χ3v) is 5.13. The van der Waals surface area contributed by atoms with Crippen molar-refractivity contribution >= 4 is 17.3 Å². The van der Waals surface area contributed by atoms with Gasteiger partial charge in [-0.1, -0.05) is 54.6 Å². The second kappa shape index (κ2) is 8.70. The van der Waals surface area contributed by atoms with Crippen LogP contribution in [0.25, 0.3) is 16.9 Å². The first kappa shape index (κ1) is 19.5. The lowest BCUT2D eigenvalue weighted by Crippen LogP contribution is -2.26. The van der Waals surface area contributed by atoms with E-state index in [4.69, 9.17) is 5.10 Å². The molecule has 0 aliphatic heterocycles. The molecule has 5 nitrogen and oxygen atoms in total. The Balaban J connectivity index is 1.68. The second-order valence-electron chi connectivity index (χ2n) is 7.22. The van der Waals surface area contributed by atoms with E-state index in [1.54, 1.807) is 28.2 Å². The monoisotopic (exact) mass is 416 g/mol. The van der Waals surface area contributed by atoms with Gasteiger partial charge in [0.1, 0.15) is 5.69 Å². The van der Waals surface area contributed by atoms with Crippen molar-refractivity contribution in [3.63, 3.8) is 0 Å². The Labute approximate surface area is 186 Å². The molecule has 0 N–H and O–H groups in total. The number of benzene rings is 3. The number of hydrogen-bond acceptors (Lipinski definition) is 3. The first-order chi connectivity index (χ1) is 15.8. The maximum atomic E-state index is 14.0. The number of nitrogens with zero attached hydrogens (tertiary/aromatic N) is 4. The van der Waals surface area contributed by atoms with Crippen LogP contribution in [-0.4, -0.2) is 20.7 Å². The van der Waals surface area contributed by atoms with Crippen LogP contribution >= 0.6 is 0 Å². The van der Waals surface area contributed by atoms with Gasteiger partial charge in [-0.2, -0.15) is 5.10 Å². The van der Waals surface area contributed by atoms with Gasteiger partial charge >= 0.3 is 0 Å². The molecule has 5 heteroatoms. The summed E-state index contributed by atoms with van der Waals surface area (Å²) in [7, 11) is 0. The Hall–Kier alpha value is -4.51. The Morgan fingerprint density at radius 3 is 1.88 bits per heavy atom. The maximum Gasteiger partial charge on any atom is 0.266 e. The van der Waals surface area contributed by atoms with Crippen molar-refractivity contribution in [3.8, 4) is 16.9 Å². The molecule has 0 unspecified atom stereocenters. The molecule has 0 atom stereocenters. The minimum atomic E-state index is -0.163. The molecule has 0 spiro atoms. The molecule has 0 radical (unpaired) electrons. The number of aromatic nitrogens is 3. The van der Waals surface area contributed by atoms with Gasteiger partial charge in [0.15, 0.2) is 0 Å². The molecule has 0 aliphatic rings. The molecular formula is C27H20N4O. The fraction of sp³-hybridized carbons (Fsp3) is 0. The lowest BCUT2D eigenvalue weighted by atomic mass is 10.1. The lowest BCUT2D eigenvalue weighted by molar-refractivity contribution is 0.1000. The van der Waals surface area contributed by atoms with Gasteiger partial charge < -0.3 is 0 Å². The van der Waals surface area contributed by atoms with Gasteiger partial charge in [0.25, 0.3) is 5.91 Å². The summed E-state index contributed by atoms with van der Waals surface area (Å²) in [6.07, 6.45) is 5.22. The zero-order chi connectivity index (χ0) is 21.8. The summed E-state index contributed by atoms with van der Waals surface area (Å²) in [6, 6.07) is 32.8. The van der Waals surface area contributed by atoms with Crippen molar-refractivity contribution in [3.05, 3.63) is 127 Å². The van der Waals surface area contributed by atoms with E-state index >= 15 is 0 Å². The van der Waals surface area contributed by atoms with Gasteiger partial charge in [-0.15, -0.1) is 0 Å². The number of anilines is 2. The van der Waals surface area contributed by atoms with Crippen molar-refractivity contribution in [1.29, 1.82) is 0 Å². The molecule has 0 fully saturated rings. The van der Waals surface area contributed by atoms with Gasteiger partial charge in [-0.25, -0.2) is 4.68 Å². The van der Waals surface area contributed by atoms with E-state index < -0.39 is 0 Å². The highest BCUT2D eigenvalue weighted by Gasteiger charge is 2.26. The zero-order valence-electron chi connectivity index (χ0n) is 17.2. The molecule has 0 bridgehead atoms. The number of amides is 1. The van der Waals surface area contributed by atoms with Crippen molar-refractivity contribution in [1.82, 2.24) is 14.8 Å². The van der Waals surface area contributed by atoms with Crippen LogP contribution in [0.4, 0.5) is 11.4 Å². The van der Waals surface area contributed by atoms with Crippen molar-refractivity contribution in [2.24, 2.45) is 0 Å². The Kier molecular flexibility index (Phi) is 5.29. The van der Waals surface area contributed by atoms with Crippen molar-refractivity contribution in [2.75, 3.05) is 4.90 Å². The molecule has 3 aromatic carbocycles. The number of carbonyl (C=O) groups is 1. The fourth-order valence-corrected chi connectivity index (χ4v) is 3.62. The lowest BCUT2D eigenvalue weighted by Gasteiger charge is -2.23. The number of hydrogen-bond donors (Lipinski definition) is 0. The van der Waals surface area contributed by atoms with Gasteiger partial charge in [-0.05, 0) is 48.5 Å². The zero-order valence-corrected chi connectivity index (χ0v) is 17.2. The molecule has 0 aliphatic carbocycles. The number of carbonyl (C=O) groups excluding carboxylic acids is 1. The van der Waals surface area contributed by atoms with Crippen molar-refractivity contribution in [2.45, 2.75) is 0 Å². The third kappa shape index (κ3) is 3.79. The molecule has 5 aromatic rings. The Bertz CT molecular complexity index is 1280. The summed E-state index contributed by atoms with van der Waals surface area (Å²) < 4.78 is 1.74. The summed E-state index contributed by atoms with van der Waals surface area (Å²) in [4.78, 5) is 20.0. The quantitative estimate of drug-likeness (QED) is 0.358. The van der Waals surface area contributed by atoms with Crippen LogP contribution in [0.2, 0.25) is 0 Å². The Morgan fingerprint density at radius 1 is 0.719 bits per heavy atom. The molecular weight excluding hydrogens is 396 g/mol. The average Bonchev–Trinajstić information content (AvgIpc) is 3.32. The number of rotatable bonds is 5. The molecule has 5 rings (SSSR count). The standard InChI is InChI=1S/C27H20N4O/c32-27(31(23-14-6-2-7-15-23)24-16-8-3-9-17-24)25-20-30(22-12-4-1-5-13-22)29-26(25)21-11-10-18-28-19-21/h1-20H. The second-order valence-corrected chi connectivity index (χ2v) is 7.22. The van der Waals surface area contributed by atoms with Crippen LogP contribution in [0.3, 0.4) is 0 Å². The molecule has 2 aromatic heterocycles. The van der Waals surface area contributed by atoms with E-state index in [-0.39, 0.29) is 5.91 Å². The van der Waals surface area contributed by atoms with E-state index in [1.165, 1.54) is 0 Å². The van der Waals surface area contributed by atoms with E-state index in [0.29, 0.717) is 11.3 Å². The molecule has 32 heavy (non-hydrogen) atoms.